The summed E-state index contributed by atoms with van der Waals surface area (Å²) in [7, 11) is 1.95. The lowest BCUT2D eigenvalue weighted by atomic mass is 10.2. The zero-order valence-corrected chi connectivity index (χ0v) is 10.5. The fraction of sp³-hybridized carbons (Fsp3) is 0.143. The zero-order valence-electron chi connectivity index (χ0n) is 10.5. The fourth-order valence-corrected chi connectivity index (χ4v) is 2.18. The summed E-state index contributed by atoms with van der Waals surface area (Å²) in [6.07, 6.45) is 4.27. The molecule has 0 bridgehead atoms. The van der Waals surface area contributed by atoms with Crippen LogP contribution in [0.25, 0.3) is 0 Å². The molecule has 0 amide bonds. The molecular formula is C14H14N4. The molecule has 90 valence electrons. The summed E-state index contributed by atoms with van der Waals surface area (Å²) >= 11 is 0. The molecule has 2 radical (unpaired) electrons. The molecular weight excluding hydrogens is 224 g/mol. The lowest BCUT2D eigenvalue weighted by Crippen LogP contribution is -2.28. The van der Waals surface area contributed by atoms with Crippen molar-refractivity contribution >= 4 is 17.3 Å². The monoisotopic (exact) mass is 238 g/mol. The first kappa shape index (κ1) is 11.0. The SMILES string of the molecule is [CH2][C]1N(C)c2nccnc2N1c1ccccc1C. The van der Waals surface area contributed by atoms with Gasteiger partial charge in [0.25, 0.3) is 0 Å². The lowest BCUT2D eigenvalue weighted by molar-refractivity contribution is 0.948. The van der Waals surface area contributed by atoms with Crippen LogP contribution in [-0.2, 0) is 0 Å². The van der Waals surface area contributed by atoms with E-state index in [1.54, 1.807) is 12.4 Å². The molecule has 0 saturated carbocycles. The lowest BCUT2D eigenvalue weighted by Gasteiger charge is -2.26. The molecule has 1 aromatic heterocycles. The number of aromatic nitrogens is 2. The zero-order chi connectivity index (χ0) is 12.7. The van der Waals surface area contributed by atoms with Crippen molar-refractivity contribution in [2.75, 3.05) is 16.8 Å². The maximum atomic E-state index is 4.42. The predicted molar refractivity (Wildman–Crippen MR) is 72.4 cm³/mol. The van der Waals surface area contributed by atoms with E-state index in [2.05, 4.69) is 35.9 Å². The molecule has 0 N–H and O–H groups in total. The van der Waals surface area contributed by atoms with E-state index in [1.807, 2.05) is 29.0 Å². The van der Waals surface area contributed by atoms with Crippen LogP contribution in [0.2, 0.25) is 0 Å². The van der Waals surface area contributed by atoms with Crippen molar-refractivity contribution < 1.29 is 0 Å². The van der Waals surface area contributed by atoms with Crippen LogP contribution in [0, 0.1) is 20.0 Å². The van der Waals surface area contributed by atoms with Gasteiger partial charge in [-0.15, -0.1) is 0 Å². The second-order valence-electron chi connectivity index (χ2n) is 4.30. The number of fused-ring (bicyclic) bond motifs is 1. The summed E-state index contributed by atoms with van der Waals surface area (Å²) < 4.78 is 0. The van der Waals surface area contributed by atoms with Crippen LogP contribution in [-0.4, -0.2) is 17.0 Å². The number of anilines is 3. The van der Waals surface area contributed by atoms with Crippen LogP contribution < -0.4 is 9.80 Å². The number of hydrogen-bond donors (Lipinski definition) is 0. The van der Waals surface area contributed by atoms with Crippen molar-refractivity contribution in [3.63, 3.8) is 0 Å². The van der Waals surface area contributed by atoms with Crippen LogP contribution in [0.15, 0.2) is 36.7 Å². The first-order chi connectivity index (χ1) is 8.70. The number of aryl methyl sites for hydroxylation is 1. The summed E-state index contributed by atoms with van der Waals surface area (Å²) in [6.45, 7) is 6.20. The van der Waals surface area contributed by atoms with Gasteiger partial charge in [-0.05, 0) is 25.5 Å². The largest absolute Gasteiger partial charge is 0.330 e. The predicted octanol–water partition coefficient (Wildman–Crippen LogP) is 2.70. The van der Waals surface area contributed by atoms with Gasteiger partial charge in [-0.2, -0.15) is 0 Å². The van der Waals surface area contributed by atoms with E-state index in [0.717, 1.165) is 23.5 Å². The number of para-hydroxylation sites is 1. The second-order valence-corrected chi connectivity index (χ2v) is 4.30. The topological polar surface area (TPSA) is 32.3 Å². The van der Waals surface area contributed by atoms with Gasteiger partial charge in [0.15, 0.2) is 17.8 Å². The molecule has 4 heteroatoms. The van der Waals surface area contributed by atoms with Crippen molar-refractivity contribution in [2.45, 2.75) is 6.92 Å². The molecule has 2 aromatic rings. The Morgan fingerprint density at radius 3 is 2.44 bits per heavy atom. The molecule has 18 heavy (non-hydrogen) atoms. The normalized spacial score (nSPS) is 15.1. The molecule has 1 aliphatic heterocycles. The molecule has 0 unspecified atom stereocenters. The Bertz CT molecular complexity index is 582. The molecule has 0 spiro atoms. The second kappa shape index (κ2) is 3.98. The van der Waals surface area contributed by atoms with Gasteiger partial charge in [0, 0.05) is 25.1 Å². The van der Waals surface area contributed by atoms with Gasteiger partial charge in [-0.3, -0.25) is 4.90 Å². The van der Waals surface area contributed by atoms with Crippen LogP contribution >= 0.6 is 0 Å². The Kier molecular flexibility index (Phi) is 2.44. The van der Waals surface area contributed by atoms with Gasteiger partial charge in [0.1, 0.15) is 0 Å². The van der Waals surface area contributed by atoms with E-state index in [1.165, 1.54) is 5.56 Å². The van der Waals surface area contributed by atoms with Gasteiger partial charge >= 0.3 is 0 Å². The molecule has 1 aliphatic rings. The number of hydrogen-bond acceptors (Lipinski definition) is 4. The third-order valence-electron chi connectivity index (χ3n) is 3.19. The Hall–Kier alpha value is -2.10. The van der Waals surface area contributed by atoms with Crippen LogP contribution in [0.5, 0.6) is 0 Å². The smallest absolute Gasteiger partial charge is 0.178 e. The highest BCUT2D eigenvalue weighted by Gasteiger charge is 2.35. The number of nitrogens with zero attached hydrogens (tertiary/aromatic N) is 4. The van der Waals surface area contributed by atoms with E-state index in [-0.39, 0.29) is 0 Å². The molecule has 0 aliphatic carbocycles. The maximum absolute atomic E-state index is 4.42. The summed E-state index contributed by atoms with van der Waals surface area (Å²) in [6, 6.07) is 8.19. The third kappa shape index (κ3) is 1.45. The Morgan fingerprint density at radius 1 is 1.06 bits per heavy atom. The minimum atomic E-state index is 0.833. The standard InChI is InChI=1S/C14H14N4/c1-10-6-4-5-7-12(10)18-11(2)17(3)13-14(18)16-9-8-15-13/h4-9H,2H2,1,3H3. The maximum Gasteiger partial charge on any atom is 0.178 e. The minimum absolute atomic E-state index is 0.833. The Labute approximate surface area is 107 Å². The van der Waals surface area contributed by atoms with Gasteiger partial charge in [0.2, 0.25) is 0 Å². The van der Waals surface area contributed by atoms with Gasteiger partial charge in [0.05, 0.1) is 0 Å². The average molecular weight is 238 g/mol. The molecule has 0 fully saturated rings. The van der Waals surface area contributed by atoms with Crippen molar-refractivity contribution in [1.29, 1.82) is 0 Å². The van der Waals surface area contributed by atoms with E-state index in [0.29, 0.717) is 0 Å². The molecule has 0 saturated heterocycles. The Morgan fingerprint density at radius 2 is 1.72 bits per heavy atom. The van der Waals surface area contributed by atoms with E-state index < -0.39 is 0 Å². The minimum Gasteiger partial charge on any atom is -0.330 e. The van der Waals surface area contributed by atoms with Crippen LogP contribution in [0.3, 0.4) is 0 Å². The highest BCUT2D eigenvalue weighted by atomic mass is 15.4. The van der Waals surface area contributed by atoms with Crippen LogP contribution in [0.4, 0.5) is 17.3 Å². The van der Waals surface area contributed by atoms with E-state index in [4.69, 9.17) is 0 Å². The highest BCUT2D eigenvalue weighted by molar-refractivity contribution is 5.82. The summed E-state index contributed by atoms with van der Waals surface area (Å²) in [5.74, 6) is 1.67. The van der Waals surface area contributed by atoms with E-state index >= 15 is 0 Å². The molecule has 4 nitrogen and oxygen atoms in total. The molecule has 1 aromatic carbocycles. The fourth-order valence-electron chi connectivity index (χ4n) is 2.18. The highest BCUT2D eigenvalue weighted by Crippen LogP contribution is 2.43. The Balaban J connectivity index is 2.16. The summed E-state index contributed by atoms with van der Waals surface area (Å²) in [5, 5.41) is 0. The van der Waals surface area contributed by atoms with Crippen LogP contribution in [0.1, 0.15) is 5.56 Å². The van der Waals surface area contributed by atoms with Crippen molar-refractivity contribution in [2.24, 2.45) is 0 Å². The summed E-state index contributed by atoms with van der Waals surface area (Å²) in [5.41, 5.74) is 2.28. The van der Waals surface area contributed by atoms with Crippen molar-refractivity contribution in [1.82, 2.24) is 9.97 Å². The quantitative estimate of drug-likeness (QED) is 0.764. The van der Waals surface area contributed by atoms with Gasteiger partial charge in [-0.1, -0.05) is 18.2 Å². The molecule has 3 rings (SSSR count). The number of rotatable bonds is 1. The average Bonchev–Trinajstić information content (AvgIpc) is 2.64. The summed E-state index contributed by atoms with van der Waals surface area (Å²) in [4.78, 5) is 12.8. The molecule has 2 heterocycles. The first-order valence-electron chi connectivity index (χ1n) is 5.79. The number of benzene rings is 1. The third-order valence-corrected chi connectivity index (χ3v) is 3.19. The van der Waals surface area contributed by atoms with Gasteiger partial charge in [-0.25, -0.2) is 9.97 Å². The first-order valence-corrected chi connectivity index (χ1v) is 5.79. The van der Waals surface area contributed by atoms with Crippen molar-refractivity contribution in [3.05, 3.63) is 55.3 Å². The van der Waals surface area contributed by atoms with Crippen molar-refractivity contribution in [3.8, 4) is 0 Å². The molecule has 0 atom stereocenters. The van der Waals surface area contributed by atoms with E-state index in [9.17, 15) is 0 Å². The van der Waals surface area contributed by atoms with Gasteiger partial charge < -0.3 is 4.90 Å².